The number of guanidine groups is 1. The van der Waals surface area contributed by atoms with Crippen LogP contribution in [-0.2, 0) is 18.3 Å². The zero-order chi connectivity index (χ0) is 16.2. The SMILES string of the molecule is CCNC(=NCC1(CO)COC1)N(C)Cc1cc(Cl)cn1C.I. The Morgan fingerprint density at radius 2 is 2.26 bits per heavy atom. The van der Waals surface area contributed by atoms with Crippen LogP contribution in [0.15, 0.2) is 17.3 Å². The minimum atomic E-state index is -0.213. The Hall–Kier alpha value is -0.510. The van der Waals surface area contributed by atoms with Crippen molar-refractivity contribution < 1.29 is 9.84 Å². The lowest BCUT2D eigenvalue weighted by Crippen LogP contribution is -2.49. The first-order chi connectivity index (χ1) is 10.5. The molecule has 0 aliphatic carbocycles. The van der Waals surface area contributed by atoms with Gasteiger partial charge in [0.1, 0.15) is 0 Å². The Labute approximate surface area is 159 Å². The van der Waals surface area contributed by atoms with Gasteiger partial charge in [0.2, 0.25) is 0 Å². The van der Waals surface area contributed by atoms with Crippen molar-refractivity contribution >= 4 is 41.5 Å². The summed E-state index contributed by atoms with van der Waals surface area (Å²) >= 11 is 6.03. The average Bonchev–Trinajstić information content (AvgIpc) is 2.74. The Morgan fingerprint density at radius 3 is 2.70 bits per heavy atom. The Kier molecular flexibility index (Phi) is 8.12. The van der Waals surface area contributed by atoms with Crippen molar-refractivity contribution in [2.24, 2.45) is 17.5 Å². The first-order valence-electron chi connectivity index (χ1n) is 7.48. The molecular formula is C15H26ClIN4O2. The molecule has 1 aromatic rings. The van der Waals surface area contributed by atoms with Crippen molar-refractivity contribution in [3.05, 3.63) is 23.0 Å². The fraction of sp³-hybridized carbons (Fsp3) is 0.667. The molecule has 1 aliphatic heterocycles. The van der Waals surface area contributed by atoms with Crippen molar-refractivity contribution in [2.45, 2.75) is 13.5 Å². The second kappa shape index (κ2) is 9.10. The average molecular weight is 457 g/mol. The second-order valence-corrected chi connectivity index (χ2v) is 6.37. The highest BCUT2D eigenvalue weighted by Crippen LogP contribution is 2.27. The molecular weight excluding hydrogens is 431 g/mol. The van der Waals surface area contributed by atoms with E-state index >= 15 is 0 Å². The van der Waals surface area contributed by atoms with Crippen LogP contribution in [0, 0.1) is 5.41 Å². The number of aliphatic hydroxyl groups is 1. The molecule has 0 aromatic carbocycles. The first kappa shape index (κ1) is 20.5. The number of ether oxygens (including phenoxy) is 1. The Morgan fingerprint density at radius 1 is 1.57 bits per heavy atom. The largest absolute Gasteiger partial charge is 0.396 e. The maximum Gasteiger partial charge on any atom is 0.194 e. The van der Waals surface area contributed by atoms with Gasteiger partial charge in [-0.15, -0.1) is 24.0 Å². The molecule has 0 atom stereocenters. The summed E-state index contributed by atoms with van der Waals surface area (Å²) in [6.45, 7) is 5.35. The van der Waals surface area contributed by atoms with Gasteiger partial charge in [-0.25, -0.2) is 0 Å². The summed E-state index contributed by atoms with van der Waals surface area (Å²) < 4.78 is 7.23. The van der Waals surface area contributed by atoms with Gasteiger partial charge in [0, 0.05) is 32.5 Å². The van der Waals surface area contributed by atoms with Crippen LogP contribution in [-0.4, -0.2) is 60.5 Å². The highest BCUT2D eigenvalue weighted by atomic mass is 127. The van der Waals surface area contributed by atoms with Gasteiger partial charge in [0.25, 0.3) is 0 Å². The Balaban J connectivity index is 0.00000264. The molecule has 2 rings (SSSR count). The molecule has 1 aromatic heterocycles. The van der Waals surface area contributed by atoms with E-state index in [1.54, 1.807) is 0 Å². The van der Waals surface area contributed by atoms with E-state index in [0.29, 0.717) is 26.3 Å². The minimum absolute atomic E-state index is 0. The minimum Gasteiger partial charge on any atom is -0.396 e. The molecule has 2 heterocycles. The predicted octanol–water partition coefficient (Wildman–Crippen LogP) is 1.70. The molecule has 6 nitrogen and oxygen atoms in total. The zero-order valence-electron chi connectivity index (χ0n) is 13.9. The van der Waals surface area contributed by atoms with Gasteiger partial charge in [-0.05, 0) is 13.0 Å². The van der Waals surface area contributed by atoms with E-state index in [1.807, 2.05) is 37.8 Å². The highest BCUT2D eigenvalue weighted by Gasteiger charge is 2.38. The summed E-state index contributed by atoms with van der Waals surface area (Å²) in [5.74, 6) is 0.819. The summed E-state index contributed by atoms with van der Waals surface area (Å²) in [5.41, 5.74) is 0.900. The monoisotopic (exact) mass is 456 g/mol. The molecule has 0 radical (unpaired) electrons. The smallest absolute Gasteiger partial charge is 0.194 e. The van der Waals surface area contributed by atoms with Crippen LogP contribution in [0.25, 0.3) is 0 Å². The van der Waals surface area contributed by atoms with Gasteiger partial charge in [0.05, 0.1) is 43.3 Å². The Bertz CT molecular complexity index is 526. The van der Waals surface area contributed by atoms with Crippen LogP contribution in [0.1, 0.15) is 12.6 Å². The fourth-order valence-electron chi connectivity index (χ4n) is 2.38. The molecule has 1 saturated heterocycles. The molecule has 0 bridgehead atoms. The lowest BCUT2D eigenvalue weighted by atomic mass is 9.87. The van der Waals surface area contributed by atoms with Crippen LogP contribution in [0.2, 0.25) is 5.02 Å². The van der Waals surface area contributed by atoms with Gasteiger partial charge in [0.15, 0.2) is 5.96 Å². The van der Waals surface area contributed by atoms with E-state index in [4.69, 9.17) is 16.3 Å². The number of hydrogen-bond acceptors (Lipinski definition) is 3. The molecule has 1 aliphatic rings. The van der Waals surface area contributed by atoms with Gasteiger partial charge in [-0.1, -0.05) is 11.6 Å². The third kappa shape index (κ3) is 5.23. The van der Waals surface area contributed by atoms with Crippen molar-refractivity contribution in [2.75, 3.05) is 40.0 Å². The first-order valence-corrected chi connectivity index (χ1v) is 7.86. The third-order valence-corrected chi connectivity index (χ3v) is 4.09. The van der Waals surface area contributed by atoms with Crippen LogP contribution in [0.3, 0.4) is 0 Å². The van der Waals surface area contributed by atoms with E-state index in [2.05, 4.69) is 15.2 Å². The van der Waals surface area contributed by atoms with Crippen molar-refractivity contribution in [3.63, 3.8) is 0 Å². The number of aliphatic hydroxyl groups excluding tert-OH is 1. The normalized spacial score (nSPS) is 16.5. The number of aliphatic imine (C=N–C) groups is 1. The van der Waals surface area contributed by atoms with Crippen molar-refractivity contribution in [1.82, 2.24) is 14.8 Å². The summed E-state index contributed by atoms with van der Waals surface area (Å²) in [7, 11) is 3.97. The summed E-state index contributed by atoms with van der Waals surface area (Å²) in [4.78, 5) is 6.72. The van der Waals surface area contributed by atoms with Crippen molar-refractivity contribution in [1.29, 1.82) is 0 Å². The van der Waals surface area contributed by atoms with Crippen LogP contribution in [0.5, 0.6) is 0 Å². The zero-order valence-corrected chi connectivity index (χ0v) is 17.0. The molecule has 8 heteroatoms. The second-order valence-electron chi connectivity index (χ2n) is 5.94. The van der Waals surface area contributed by atoms with Gasteiger partial charge < -0.3 is 24.6 Å². The number of aromatic nitrogens is 1. The molecule has 0 saturated carbocycles. The quantitative estimate of drug-likeness (QED) is 0.389. The van der Waals surface area contributed by atoms with E-state index in [0.717, 1.165) is 23.2 Å². The maximum absolute atomic E-state index is 9.49. The van der Waals surface area contributed by atoms with Crippen LogP contribution in [0.4, 0.5) is 0 Å². The number of rotatable bonds is 6. The third-order valence-electron chi connectivity index (χ3n) is 3.89. The van der Waals surface area contributed by atoms with E-state index in [-0.39, 0.29) is 36.0 Å². The lowest BCUT2D eigenvalue weighted by Gasteiger charge is -2.38. The molecule has 0 unspecified atom stereocenters. The van der Waals surface area contributed by atoms with E-state index < -0.39 is 0 Å². The lowest BCUT2D eigenvalue weighted by molar-refractivity contribution is -0.130. The van der Waals surface area contributed by atoms with Crippen molar-refractivity contribution in [3.8, 4) is 0 Å². The van der Waals surface area contributed by atoms with Gasteiger partial charge in [-0.2, -0.15) is 0 Å². The summed E-state index contributed by atoms with van der Waals surface area (Å²) in [6.07, 6.45) is 1.89. The van der Waals surface area contributed by atoms with Crippen LogP contribution < -0.4 is 5.32 Å². The van der Waals surface area contributed by atoms with Gasteiger partial charge >= 0.3 is 0 Å². The fourth-order valence-corrected chi connectivity index (χ4v) is 2.65. The molecule has 2 N–H and O–H groups in total. The predicted molar refractivity (Wildman–Crippen MR) is 104 cm³/mol. The molecule has 0 spiro atoms. The van der Waals surface area contributed by atoms with E-state index in [1.165, 1.54) is 0 Å². The number of hydrogen-bond donors (Lipinski definition) is 2. The van der Waals surface area contributed by atoms with Gasteiger partial charge in [-0.3, -0.25) is 4.99 Å². The summed E-state index contributed by atoms with van der Waals surface area (Å²) in [6, 6.07) is 1.95. The maximum atomic E-state index is 9.49. The number of aryl methyl sites for hydroxylation is 1. The number of halogens is 2. The van der Waals surface area contributed by atoms with Crippen LogP contribution >= 0.6 is 35.6 Å². The molecule has 23 heavy (non-hydrogen) atoms. The molecule has 1 fully saturated rings. The number of nitrogens with zero attached hydrogens (tertiary/aromatic N) is 3. The van der Waals surface area contributed by atoms with E-state index in [9.17, 15) is 5.11 Å². The highest BCUT2D eigenvalue weighted by molar-refractivity contribution is 14.0. The standard InChI is InChI=1S/C15H25ClN4O2.HI/c1-4-17-14(18-8-15(9-21)10-22-11-15)20(3)7-13-5-12(16)6-19(13)2;/h5-6,21H,4,7-11H2,1-3H3,(H,17,18);1H. The topological polar surface area (TPSA) is 62.0 Å². The number of nitrogens with one attached hydrogen (secondary N) is 1. The molecule has 0 amide bonds. The molecule has 132 valence electrons. The summed E-state index contributed by atoms with van der Waals surface area (Å²) in [5, 5.41) is 13.5.